The fourth-order valence-corrected chi connectivity index (χ4v) is 6.95. The van der Waals surface area contributed by atoms with Gasteiger partial charge in [0.25, 0.3) is 0 Å². The van der Waals surface area contributed by atoms with Gasteiger partial charge in [-0.15, -0.1) is 0 Å². The van der Waals surface area contributed by atoms with Gasteiger partial charge < -0.3 is 8.98 Å². The monoisotopic (exact) mass is 641 g/mol. The van der Waals surface area contributed by atoms with Crippen molar-refractivity contribution in [3.63, 3.8) is 0 Å². The number of furan rings is 1. The topological polar surface area (TPSA) is 69.6 Å². The molecule has 0 fully saturated rings. The summed E-state index contributed by atoms with van der Waals surface area (Å²) in [6, 6.07) is 55.6. The van der Waals surface area contributed by atoms with E-state index in [1.807, 2.05) is 84.9 Å². The van der Waals surface area contributed by atoms with Crippen LogP contribution in [0, 0.1) is 0 Å². The highest BCUT2D eigenvalue weighted by Gasteiger charge is 2.19. The minimum absolute atomic E-state index is 0.588. The van der Waals surface area contributed by atoms with E-state index in [9.17, 15) is 0 Å². The van der Waals surface area contributed by atoms with Crippen molar-refractivity contribution in [1.29, 1.82) is 0 Å². The minimum Gasteiger partial charge on any atom is -0.456 e. The van der Waals surface area contributed by atoms with Gasteiger partial charge in [-0.05, 0) is 54.6 Å². The molecule has 0 aliphatic heterocycles. The molecule has 10 aromatic rings. The zero-order chi connectivity index (χ0) is 33.0. The van der Waals surface area contributed by atoms with Crippen LogP contribution in [0.25, 0.3) is 95.0 Å². The average molecular weight is 642 g/mol. The second-order valence-electron chi connectivity index (χ2n) is 12.3. The first kappa shape index (κ1) is 28.1. The molecule has 6 nitrogen and oxygen atoms in total. The lowest BCUT2D eigenvalue weighted by molar-refractivity contribution is 0.669. The molecule has 4 heterocycles. The van der Waals surface area contributed by atoms with Crippen molar-refractivity contribution in [1.82, 2.24) is 24.5 Å². The quantitative estimate of drug-likeness (QED) is 0.187. The maximum atomic E-state index is 6.42. The van der Waals surface area contributed by atoms with E-state index < -0.39 is 0 Å². The average Bonchev–Trinajstić information content (AvgIpc) is 3.74. The third-order valence-electron chi connectivity index (χ3n) is 9.26. The lowest BCUT2D eigenvalue weighted by Crippen LogP contribution is -2.00. The zero-order valence-electron chi connectivity index (χ0n) is 26.7. The molecule has 10 rings (SSSR count). The molecule has 0 atom stereocenters. The Morgan fingerprint density at radius 1 is 0.420 bits per heavy atom. The Kier molecular flexibility index (Phi) is 6.39. The van der Waals surface area contributed by atoms with Crippen LogP contribution in [0.3, 0.4) is 0 Å². The summed E-state index contributed by atoms with van der Waals surface area (Å²) in [5, 5.41) is 3.04. The fourth-order valence-electron chi connectivity index (χ4n) is 6.95. The van der Waals surface area contributed by atoms with E-state index in [4.69, 9.17) is 24.4 Å². The smallest absolute Gasteiger partial charge is 0.164 e. The lowest BCUT2D eigenvalue weighted by Gasteiger charge is -2.09. The Morgan fingerprint density at radius 3 is 1.82 bits per heavy atom. The standard InChI is InChI=1S/C44H27N5O/c1-4-13-28(14-5-1)42-46-43(29-15-6-2-7-16-29)48-44(47-42)33-20-12-22-39-40(33)34-27-30(23-26-38(34)50-39)35-24-25-37-41(45-35)32-19-10-11-21-36(32)49(37)31-17-8-3-9-18-31/h1-27H. The summed E-state index contributed by atoms with van der Waals surface area (Å²) in [7, 11) is 0. The van der Waals surface area contributed by atoms with Gasteiger partial charge in [0.1, 0.15) is 11.2 Å². The molecule has 0 spiro atoms. The number of nitrogens with zero attached hydrogens (tertiary/aromatic N) is 5. The number of benzene rings is 6. The molecule has 0 radical (unpaired) electrons. The van der Waals surface area contributed by atoms with E-state index in [2.05, 4.69) is 83.4 Å². The van der Waals surface area contributed by atoms with Crippen molar-refractivity contribution in [2.45, 2.75) is 0 Å². The molecule has 0 amide bonds. The van der Waals surface area contributed by atoms with E-state index in [1.165, 1.54) is 0 Å². The Balaban J connectivity index is 1.16. The SMILES string of the molecule is c1ccc(-c2nc(-c3ccccc3)nc(-c3cccc4oc5ccc(-c6ccc7c(n6)c6ccccc6n7-c6ccccc6)cc5c34)n2)cc1. The summed E-state index contributed by atoms with van der Waals surface area (Å²) in [4.78, 5) is 20.2. The molecule has 0 aliphatic carbocycles. The second kappa shape index (κ2) is 11.4. The molecule has 4 aromatic heterocycles. The number of para-hydroxylation sites is 2. The fraction of sp³-hybridized carbons (Fsp3) is 0. The van der Waals surface area contributed by atoms with Gasteiger partial charge in [0.15, 0.2) is 17.5 Å². The lowest BCUT2D eigenvalue weighted by atomic mass is 10.0. The zero-order valence-corrected chi connectivity index (χ0v) is 26.7. The van der Waals surface area contributed by atoms with Crippen molar-refractivity contribution >= 4 is 43.9 Å². The number of hydrogen-bond acceptors (Lipinski definition) is 5. The van der Waals surface area contributed by atoms with Crippen LogP contribution in [0.5, 0.6) is 0 Å². The summed E-state index contributed by atoms with van der Waals surface area (Å²) in [6.45, 7) is 0. The number of aromatic nitrogens is 5. The summed E-state index contributed by atoms with van der Waals surface area (Å²) in [6.07, 6.45) is 0. The van der Waals surface area contributed by atoms with Gasteiger partial charge in [-0.3, -0.25) is 0 Å². The Morgan fingerprint density at radius 2 is 1.08 bits per heavy atom. The van der Waals surface area contributed by atoms with Gasteiger partial charge in [-0.25, -0.2) is 19.9 Å². The molecule has 6 aromatic carbocycles. The highest BCUT2D eigenvalue weighted by atomic mass is 16.3. The van der Waals surface area contributed by atoms with E-state index in [0.717, 1.165) is 77.5 Å². The van der Waals surface area contributed by atoms with E-state index >= 15 is 0 Å². The predicted octanol–water partition coefficient (Wildman–Crippen LogP) is 10.9. The van der Waals surface area contributed by atoms with Crippen LogP contribution >= 0.6 is 0 Å². The number of rotatable bonds is 5. The minimum atomic E-state index is 0.588. The van der Waals surface area contributed by atoms with Crippen LogP contribution in [0.15, 0.2) is 168 Å². The number of hydrogen-bond donors (Lipinski definition) is 0. The summed E-state index contributed by atoms with van der Waals surface area (Å²) >= 11 is 0. The van der Waals surface area contributed by atoms with Crippen molar-refractivity contribution in [2.24, 2.45) is 0 Å². The third-order valence-corrected chi connectivity index (χ3v) is 9.26. The number of fused-ring (bicyclic) bond motifs is 6. The predicted molar refractivity (Wildman–Crippen MR) is 201 cm³/mol. The Bertz CT molecular complexity index is 2800. The van der Waals surface area contributed by atoms with Crippen LogP contribution < -0.4 is 0 Å². The number of pyridine rings is 1. The molecule has 0 N–H and O–H groups in total. The second-order valence-corrected chi connectivity index (χ2v) is 12.3. The summed E-state index contributed by atoms with van der Waals surface area (Å²) < 4.78 is 8.70. The first-order valence-electron chi connectivity index (χ1n) is 16.6. The first-order chi connectivity index (χ1) is 24.8. The largest absolute Gasteiger partial charge is 0.456 e. The van der Waals surface area contributed by atoms with Gasteiger partial charge in [0.05, 0.1) is 22.2 Å². The summed E-state index contributed by atoms with van der Waals surface area (Å²) in [5.41, 5.74) is 10.4. The molecule has 0 saturated heterocycles. The van der Waals surface area contributed by atoms with Crippen LogP contribution in [-0.4, -0.2) is 24.5 Å². The first-order valence-corrected chi connectivity index (χ1v) is 16.6. The highest BCUT2D eigenvalue weighted by Crippen LogP contribution is 2.39. The van der Waals surface area contributed by atoms with Gasteiger partial charge >= 0.3 is 0 Å². The summed E-state index contributed by atoms with van der Waals surface area (Å²) in [5.74, 6) is 1.82. The molecule has 0 unspecified atom stereocenters. The van der Waals surface area contributed by atoms with Crippen LogP contribution in [0.2, 0.25) is 0 Å². The van der Waals surface area contributed by atoms with Crippen LogP contribution in [-0.2, 0) is 0 Å². The van der Waals surface area contributed by atoms with Crippen LogP contribution in [0.4, 0.5) is 0 Å². The molecular formula is C44H27N5O. The molecule has 0 saturated carbocycles. The van der Waals surface area contributed by atoms with Gasteiger partial charge in [0.2, 0.25) is 0 Å². The van der Waals surface area contributed by atoms with Crippen molar-refractivity contribution in [3.8, 4) is 51.1 Å². The molecule has 0 bridgehead atoms. The molecular weight excluding hydrogens is 615 g/mol. The van der Waals surface area contributed by atoms with E-state index in [1.54, 1.807) is 0 Å². The molecule has 234 valence electrons. The van der Waals surface area contributed by atoms with E-state index in [0.29, 0.717) is 17.5 Å². The maximum Gasteiger partial charge on any atom is 0.164 e. The van der Waals surface area contributed by atoms with Crippen molar-refractivity contribution < 1.29 is 4.42 Å². The van der Waals surface area contributed by atoms with Gasteiger partial charge in [-0.2, -0.15) is 0 Å². The maximum absolute atomic E-state index is 6.42. The Labute approximate surface area is 287 Å². The van der Waals surface area contributed by atoms with Gasteiger partial charge in [0, 0.05) is 44.1 Å². The molecule has 6 heteroatoms. The van der Waals surface area contributed by atoms with Crippen molar-refractivity contribution in [3.05, 3.63) is 164 Å². The third kappa shape index (κ3) is 4.58. The van der Waals surface area contributed by atoms with Crippen molar-refractivity contribution in [2.75, 3.05) is 0 Å². The van der Waals surface area contributed by atoms with E-state index in [-0.39, 0.29) is 0 Å². The highest BCUT2D eigenvalue weighted by molar-refractivity contribution is 6.13. The molecule has 50 heavy (non-hydrogen) atoms. The Hall–Kier alpha value is -6.92. The molecule has 0 aliphatic rings. The van der Waals surface area contributed by atoms with Gasteiger partial charge in [-0.1, -0.05) is 109 Å². The normalized spacial score (nSPS) is 11.6. The van der Waals surface area contributed by atoms with Crippen LogP contribution in [0.1, 0.15) is 0 Å².